The number of benzene rings is 1. The third kappa shape index (κ3) is 6.98. The molecule has 0 aliphatic heterocycles. The molecule has 0 spiro atoms. The van der Waals surface area contributed by atoms with Crippen LogP contribution in [0.5, 0.6) is 5.75 Å². The summed E-state index contributed by atoms with van der Waals surface area (Å²) in [5.41, 5.74) is -6.16. The second kappa shape index (κ2) is 8.69. The topological polar surface area (TPSA) is 84.5 Å². The van der Waals surface area contributed by atoms with E-state index in [1.165, 1.54) is 10.0 Å². The number of alkyl halides is 6. The summed E-state index contributed by atoms with van der Waals surface area (Å²) < 4.78 is 115. The average molecular weight is 461 g/mol. The van der Waals surface area contributed by atoms with Gasteiger partial charge in [-0.05, 0) is 19.1 Å². The summed E-state index contributed by atoms with van der Waals surface area (Å²) in [5, 5.41) is 0.950. The minimum atomic E-state index is -5.68. The maximum atomic E-state index is 13.8. The highest BCUT2D eigenvalue weighted by Gasteiger charge is 2.46. The van der Waals surface area contributed by atoms with Gasteiger partial charge >= 0.3 is 21.7 Å². The number of amides is 1. The molecule has 0 saturated carbocycles. The van der Waals surface area contributed by atoms with Gasteiger partial charge in [0.2, 0.25) is 0 Å². The van der Waals surface area contributed by atoms with Crippen molar-refractivity contribution < 1.29 is 48.7 Å². The van der Waals surface area contributed by atoms with E-state index in [0.717, 1.165) is 6.92 Å². The summed E-state index contributed by atoms with van der Waals surface area (Å²) in [4.78, 5) is 11.7. The van der Waals surface area contributed by atoms with E-state index in [2.05, 4.69) is 0 Å². The number of hydrogen-bond acceptors (Lipinski definition) is 4. The van der Waals surface area contributed by atoms with Crippen LogP contribution >= 0.6 is 11.6 Å². The number of carbonyl (C=O) groups is 1. The second-order valence-corrected chi connectivity index (χ2v) is 7.45. The first kappa shape index (κ1) is 24.2. The van der Waals surface area contributed by atoms with E-state index in [0.29, 0.717) is 12.1 Å². The van der Waals surface area contributed by atoms with Crippen LogP contribution in [0.25, 0.3) is 0 Å². The van der Waals surface area contributed by atoms with Crippen LogP contribution in [0, 0.1) is 5.82 Å². The lowest BCUT2D eigenvalue weighted by molar-refractivity contribution is -0.123. The number of ether oxygens (including phenoxy) is 1. The predicted octanol–water partition coefficient (Wildman–Crippen LogP) is 2.98. The van der Waals surface area contributed by atoms with Gasteiger partial charge in [0.15, 0.2) is 11.6 Å². The first-order valence-electron chi connectivity index (χ1n) is 7.09. The monoisotopic (exact) mass is 460 g/mol. The first-order chi connectivity index (χ1) is 12.5. The molecule has 0 radical (unpaired) electrons. The third-order valence-corrected chi connectivity index (χ3v) is 4.50. The lowest BCUT2D eigenvalue weighted by Crippen LogP contribution is -2.43. The Morgan fingerprint density at radius 1 is 1.21 bits per heavy atom. The van der Waals surface area contributed by atoms with E-state index in [9.17, 15) is 43.9 Å². The molecule has 0 saturated heterocycles. The van der Waals surface area contributed by atoms with Crippen molar-refractivity contribution in [1.82, 2.24) is 10.0 Å². The van der Waals surface area contributed by atoms with Crippen LogP contribution in [0.2, 0.25) is 5.02 Å². The minimum Gasteiger partial charge on any atom is -0.489 e. The zero-order chi connectivity index (χ0) is 21.9. The van der Waals surface area contributed by atoms with Crippen LogP contribution in [0.3, 0.4) is 0 Å². The molecule has 0 aromatic heterocycles. The summed E-state index contributed by atoms with van der Waals surface area (Å²) in [7, 11) is -5.68. The van der Waals surface area contributed by atoms with Gasteiger partial charge in [0, 0.05) is 0 Å². The lowest BCUT2D eigenvalue weighted by Gasteiger charge is -2.17. The molecular formula is C13H12ClF7N2O4S. The Bertz CT molecular complexity index is 827. The standard InChI is InChI=1S/C13H12ClF7N2O4S/c1-6(23-28(25,26)13(19,20)21)4-27-10-2-7(8(14)3-9(10)15)11(24)22-5-12(16,17)18/h2-3,6,23H,4-5H2,1H3,(H,22,24)/t6-/m1/s1. The Kier molecular flexibility index (Phi) is 7.53. The molecule has 15 heteroatoms. The van der Waals surface area contributed by atoms with E-state index in [-0.39, 0.29) is 0 Å². The molecule has 2 N–H and O–H groups in total. The fraction of sp³-hybridized carbons (Fsp3) is 0.462. The maximum absolute atomic E-state index is 13.8. The number of rotatable bonds is 7. The molecule has 0 fully saturated rings. The fourth-order valence-electron chi connectivity index (χ4n) is 1.67. The molecule has 1 rings (SSSR count). The molecule has 0 heterocycles. The number of halogens is 8. The summed E-state index contributed by atoms with van der Waals surface area (Å²) in [6, 6.07) is -0.289. The average Bonchev–Trinajstić information content (AvgIpc) is 2.49. The van der Waals surface area contributed by atoms with Gasteiger partial charge in [-0.25, -0.2) is 17.5 Å². The van der Waals surface area contributed by atoms with Crippen molar-refractivity contribution in [2.75, 3.05) is 13.2 Å². The number of hydrogen-bond donors (Lipinski definition) is 2. The largest absolute Gasteiger partial charge is 0.511 e. The molecule has 0 unspecified atom stereocenters. The van der Waals surface area contributed by atoms with Crippen LogP contribution < -0.4 is 14.8 Å². The molecule has 1 aromatic carbocycles. The van der Waals surface area contributed by atoms with Crippen LogP contribution in [-0.2, 0) is 10.0 Å². The van der Waals surface area contributed by atoms with Crippen molar-refractivity contribution in [1.29, 1.82) is 0 Å². The Morgan fingerprint density at radius 2 is 1.79 bits per heavy atom. The zero-order valence-corrected chi connectivity index (χ0v) is 15.3. The van der Waals surface area contributed by atoms with E-state index in [1.807, 2.05) is 0 Å². The van der Waals surface area contributed by atoms with Gasteiger partial charge in [0.25, 0.3) is 5.91 Å². The second-order valence-electron chi connectivity index (χ2n) is 5.34. The SMILES string of the molecule is C[C@H](COc1cc(C(=O)NCC(F)(F)F)c(Cl)cc1F)NS(=O)(=O)C(F)(F)F. The van der Waals surface area contributed by atoms with Crippen molar-refractivity contribution in [2.24, 2.45) is 0 Å². The Hall–Kier alpha value is -1.80. The highest BCUT2D eigenvalue weighted by Crippen LogP contribution is 2.27. The number of nitrogens with one attached hydrogen (secondary N) is 2. The van der Waals surface area contributed by atoms with E-state index < -0.39 is 69.0 Å². The zero-order valence-electron chi connectivity index (χ0n) is 13.7. The molecular weight excluding hydrogens is 449 g/mol. The van der Waals surface area contributed by atoms with Gasteiger partial charge in [-0.2, -0.15) is 26.3 Å². The third-order valence-electron chi connectivity index (χ3n) is 2.87. The first-order valence-corrected chi connectivity index (χ1v) is 8.95. The highest BCUT2D eigenvalue weighted by atomic mass is 35.5. The van der Waals surface area contributed by atoms with Crippen molar-refractivity contribution in [2.45, 2.75) is 24.7 Å². The van der Waals surface area contributed by atoms with Gasteiger partial charge in [0.1, 0.15) is 13.2 Å². The van der Waals surface area contributed by atoms with Crippen LogP contribution in [0.4, 0.5) is 30.7 Å². The molecule has 1 amide bonds. The smallest absolute Gasteiger partial charge is 0.489 e. The van der Waals surface area contributed by atoms with E-state index in [4.69, 9.17) is 16.3 Å². The summed E-state index contributed by atoms with van der Waals surface area (Å²) in [6.07, 6.45) is -4.72. The Balaban J connectivity index is 2.88. The van der Waals surface area contributed by atoms with Gasteiger partial charge < -0.3 is 10.1 Å². The van der Waals surface area contributed by atoms with Gasteiger partial charge in [-0.3, -0.25) is 4.79 Å². The summed E-state index contributed by atoms with van der Waals surface area (Å²) >= 11 is 5.59. The van der Waals surface area contributed by atoms with Crippen molar-refractivity contribution in [3.63, 3.8) is 0 Å². The van der Waals surface area contributed by atoms with Crippen LogP contribution in [0.15, 0.2) is 12.1 Å². The molecule has 1 aromatic rings. The minimum absolute atomic E-state index is 0.546. The lowest BCUT2D eigenvalue weighted by atomic mass is 10.2. The van der Waals surface area contributed by atoms with Gasteiger partial charge in [-0.15, -0.1) is 0 Å². The van der Waals surface area contributed by atoms with Crippen LogP contribution in [0.1, 0.15) is 17.3 Å². The molecule has 1 atom stereocenters. The number of carbonyl (C=O) groups excluding carboxylic acids is 1. The molecule has 0 aliphatic rings. The normalized spacial score (nSPS) is 13.9. The summed E-state index contributed by atoms with van der Waals surface area (Å²) in [5.74, 6) is -3.22. The summed E-state index contributed by atoms with van der Waals surface area (Å²) in [6.45, 7) is -1.50. The maximum Gasteiger partial charge on any atom is 0.511 e. The number of sulfonamides is 1. The van der Waals surface area contributed by atoms with Crippen molar-refractivity contribution in [3.05, 3.63) is 28.5 Å². The van der Waals surface area contributed by atoms with E-state index >= 15 is 0 Å². The van der Waals surface area contributed by atoms with Gasteiger partial charge in [0.05, 0.1) is 16.6 Å². The van der Waals surface area contributed by atoms with E-state index in [1.54, 1.807) is 0 Å². The highest BCUT2D eigenvalue weighted by molar-refractivity contribution is 7.90. The molecule has 160 valence electrons. The molecule has 0 bridgehead atoms. The molecule has 6 nitrogen and oxygen atoms in total. The quantitative estimate of drug-likeness (QED) is 0.613. The predicted molar refractivity (Wildman–Crippen MR) is 82.9 cm³/mol. The van der Waals surface area contributed by atoms with Crippen molar-refractivity contribution >= 4 is 27.5 Å². The fourth-order valence-corrected chi connectivity index (χ4v) is 2.64. The molecule has 28 heavy (non-hydrogen) atoms. The van der Waals surface area contributed by atoms with Gasteiger partial charge in [-0.1, -0.05) is 11.6 Å². The van der Waals surface area contributed by atoms with Crippen LogP contribution in [-0.4, -0.2) is 45.2 Å². The Labute approximate surface area is 159 Å². The Morgan fingerprint density at radius 3 is 2.29 bits per heavy atom. The van der Waals surface area contributed by atoms with Crippen molar-refractivity contribution in [3.8, 4) is 5.75 Å². The molecule has 0 aliphatic carbocycles.